The quantitative estimate of drug-likeness (QED) is 0.676. The average molecular weight is 269 g/mol. The van der Waals surface area contributed by atoms with E-state index in [4.69, 9.17) is 4.74 Å². The zero-order chi connectivity index (χ0) is 14.0. The Labute approximate surface area is 110 Å². The normalized spacial score (nSPS) is 23.1. The van der Waals surface area contributed by atoms with E-state index in [9.17, 15) is 19.6 Å². The summed E-state index contributed by atoms with van der Waals surface area (Å²) in [6.45, 7) is 1.53. The summed E-state index contributed by atoms with van der Waals surface area (Å²) in [5, 5.41) is 20.5. The zero-order valence-electron chi connectivity index (χ0n) is 10.6. The molecule has 0 bridgehead atoms. The van der Waals surface area contributed by atoms with Gasteiger partial charge >= 0.3 is 0 Å². The van der Waals surface area contributed by atoms with Crippen molar-refractivity contribution in [1.29, 1.82) is 0 Å². The van der Waals surface area contributed by atoms with E-state index in [2.05, 4.69) is 0 Å². The molecule has 19 heavy (non-hydrogen) atoms. The number of hydrogen-bond donors (Lipinski definition) is 1. The first-order chi connectivity index (χ1) is 8.99. The number of hydrogen-bond acceptors (Lipinski definition) is 4. The molecule has 0 heterocycles. The Morgan fingerprint density at radius 1 is 1.42 bits per heavy atom. The van der Waals surface area contributed by atoms with E-state index in [1.165, 1.54) is 13.0 Å². The van der Waals surface area contributed by atoms with Crippen LogP contribution in [0.15, 0.2) is 12.1 Å². The lowest BCUT2D eigenvalue weighted by molar-refractivity contribution is -0.385. The van der Waals surface area contributed by atoms with Gasteiger partial charge < -0.3 is 9.84 Å². The third kappa shape index (κ3) is 3.01. The van der Waals surface area contributed by atoms with E-state index in [0.29, 0.717) is 18.4 Å². The van der Waals surface area contributed by atoms with Crippen LogP contribution in [0.3, 0.4) is 0 Å². The maximum atomic E-state index is 13.8. The molecule has 0 radical (unpaired) electrons. The van der Waals surface area contributed by atoms with Crippen molar-refractivity contribution in [1.82, 2.24) is 0 Å². The number of nitro benzene ring substituents is 1. The predicted octanol–water partition coefficient (Wildman–Crippen LogP) is 2.72. The van der Waals surface area contributed by atoms with Crippen LogP contribution < -0.4 is 4.74 Å². The molecule has 2 rings (SSSR count). The number of nitro groups is 1. The molecule has 1 saturated carbocycles. The Morgan fingerprint density at radius 3 is 2.74 bits per heavy atom. The van der Waals surface area contributed by atoms with Crippen molar-refractivity contribution >= 4 is 5.69 Å². The van der Waals surface area contributed by atoms with Crippen LogP contribution in [-0.2, 0) is 0 Å². The summed E-state index contributed by atoms with van der Waals surface area (Å²) >= 11 is 0. The maximum Gasteiger partial charge on any atom is 0.275 e. The van der Waals surface area contributed by atoms with Gasteiger partial charge in [-0.1, -0.05) is 6.42 Å². The molecule has 2 unspecified atom stereocenters. The van der Waals surface area contributed by atoms with Gasteiger partial charge in [-0.2, -0.15) is 0 Å². The summed E-state index contributed by atoms with van der Waals surface area (Å²) < 4.78 is 19.2. The number of aliphatic hydroxyl groups excluding tert-OH is 1. The molecule has 0 saturated heterocycles. The molecule has 1 fully saturated rings. The van der Waals surface area contributed by atoms with Gasteiger partial charge in [0.15, 0.2) is 11.6 Å². The van der Waals surface area contributed by atoms with Crippen molar-refractivity contribution in [2.24, 2.45) is 0 Å². The number of ether oxygens (including phenoxy) is 1. The lowest BCUT2D eigenvalue weighted by Gasteiger charge is -2.28. The summed E-state index contributed by atoms with van der Waals surface area (Å²) in [4.78, 5) is 10.1. The standard InChI is InChI=1S/C13H16FNO4/c1-8-6-13(9(14)7-10(8)15(17)18)19-12-5-3-2-4-11(12)16/h6-7,11-12,16H,2-5H2,1H3. The Bertz CT molecular complexity index is 492. The molecule has 1 aliphatic rings. The molecule has 0 aromatic heterocycles. The van der Waals surface area contributed by atoms with Crippen molar-refractivity contribution in [2.45, 2.75) is 44.8 Å². The largest absolute Gasteiger partial charge is 0.485 e. The summed E-state index contributed by atoms with van der Waals surface area (Å²) in [6.07, 6.45) is 2.11. The van der Waals surface area contributed by atoms with Crippen LogP contribution in [0.1, 0.15) is 31.2 Å². The Morgan fingerprint density at radius 2 is 2.11 bits per heavy atom. The van der Waals surface area contributed by atoms with E-state index in [-0.39, 0.29) is 11.4 Å². The maximum absolute atomic E-state index is 13.8. The summed E-state index contributed by atoms with van der Waals surface area (Å²) in [7, 11) is 0. The molecular formula is C13H16FNO4. The predicted molar refractivity (Wildman–Crippen MR) is 66.7 cm³/mol. The SMILES string of the molecule is Cc1cc(OC2CCCCC2O)c(F)cc1[N+](=O)[O-]. The lowest BCUT2D eigenvalue weighted by Crippen LogP contribution is -2.34. The lowest BCUT2D eigenvalue weighted by atomic mass is 9.95. The van der Waals surface area contributed by atoms with Gasteiger partial charge in [0.1, 0.15) is 6.10 Å². The van der Waals surface area contributed by atoms with Crippen LogP contribution in [0.2, 0.25) is 0 Å². The number of aryl methyl sites for hydroxylation is 1. The topological polar surface area (TPSA) is 72.6 Å². The van der Waals surface area contributed by atoms with Gasteiger partial charge in [-0.3, -0.25) is 10.1 Å². The zero-order valence-corrected chi connectivity index (χ0v) is 10.6. The molecule has 5 nitrogen and oxygen atoms in total. The van der Waals surface area contributed by atoms with Crippen molar-refractivity contribution in [2.75, 3.05) is 0 Å². The van der Waals surface area contributed by atoms with Gasteiger partial charge in [0.2, 0.25) is 0 Å². The fourth-order valence-electron chi connectivity index (χ4n) is 2.31. The van der Waals surface area contributed by atoms with Gasteiger partial charge in [-0.15, -0.1) is 0 Å². The third-order valence-electron chi connectivity index (χ3n) is 3.39. The fourth-order valence-corrected chi connectivity index (χ4v) is 2.31. The first kappa shape index (κ1) is 13.7. The molecule has 0 spiro atoms. The monoisotopic (exact) mass is 269 g/mol. The van der Waals surface area contributed by atoms with E-state index in [1.807, 2.05) is 0 Å². The minimum Gasteiger partial charge on any atom is -0.485 e. The Kier molecular flexibility index (Phi) is 3.99. The van der Waals surface area contributed by atoms with Gasteiger partial charge in [0.05, 0.1) is 17.1 Å². The summed E-state index contributed by atoms with van der Waals surface area (Å²) in [5.74, 6) is -0.802. The molecule has 1 aromatic carbocycles. The van der Waals surface area contributed by atoms with E-state index >= 15 is 0 Å². The van der Waals surface area contributed by atoms with Gasteiger partial charge in [0.25, 0.3) is 5.69 Å². The van der Waals surface area contributed by atoms with Crippen molar-refractivity contribution < 1.29 is 19.2 Å². The average Bonchev–Trinajstić information content (AvgIpc) is 2.35. The molecule has 1 N–H and O–H groups in total. The highest BCUT2D eigenvalue weighted by molar-refractivity contribution is 5.45. The Hall–Kier alpha value is -1.69. The van der Waals surface area contributed by atoms with E-state index in [1.54, 1.807) is 0 Å². The number of nitrogens with zero attached hydrogens (tertiary/aromatic N) is 1. The van der Waals surface area contributed by atoms with E-state index < -0.39 is 22.9 Å². The van der Waals surface area contributed by atoms with Crippen molar-refractivity contribution in [3.05, 3.63) is 33.6 Å². The summed E-state index contributed by atoms with van der Waals surface area (Å²) in [5.41, 5.74) is 0.0701. The minimum absolute atomic E-state index is 0.0333. The highest BCUT2D eigenvalue weighted by Gasteiger charge is 2.26. The molecule has 0 amide bonds. The molecule has 2 atom stereocenters. The van der Waals surface area contributed by atoms with Gasteiger partial charge in [-0.25, -0.2) is 4.39 Å². The minimum atomic E-state index is -0.768. The van der Waals surface area contributed by atoms with Gasteiger partial charge in [0, 0.05) is 5.56 Å². The van der Waals surface area contributed by atoms with Crippen LogP contribution in [-0.4, -0.2) is 22.2 Å². The van der Waals surface area contributed by atoms with Crippen LogP contribution in [0.25, 0.3) is 0 Å². The number of rotatable bonds is 3. The second-order valence-corrected chi connectivity index (χ2v) is 4.83. The van der Waals surface area contributed by atoms with Crippen LogP contribution in [0.4, 0.5) is 10.1 Å². The first-order valence-electron chi connectivity index (χ1n) is 6.28. The highest BCUT2D eigenvalue weighted by atomic mass is 19.1. The fraction of sp³-hybridized carbons (Fsp3) is 0.538. The molecule has 0 aliphatic heterocycles. The van der Waals surface area contributed by atoms with Crippen LogP contribution in [0.5, 0.6) is 5.75 Å². The molecular weight excluding hydrogens is 253 g/mol. The number of aliphatic hydroxyl groups is 1. The first-order valence-corrected chi connectivity index (χ1v) is 6.28. The van der Waals surface area contributed by atoms with Crippen LogP contribution >= 0.6 is 0 Å². The Balaban J connectivity index is 2.21. The molecule has 1 aromatic rings. The van der Waals surface area contributed by atoms with Crippen LogP contribution in [0, 0.1) is 22.9 Å². The van der Waals surface area contributed by atoms with Crippen molar-refractivity contribution in [3.8, 4) is 5.75 Å². The van der Waals surface area contributed by atoms with Gasteiger partial charge in [-0.05, 0) is 32.3 Å². The number of halogens is 1. The van der Waals surface area contributed by atoms with Crippen molar-refractivity contribution in [3.63, 3.8) is 0 Å². The van der Waals surface area contributed by atoms with E-state index in [0.717, 1.165) is 18.9 Å². The molecule has 104 valence electrons. The molecule has 6 heteroatoms. The summed E-state index contributed by atoms with van der Waals surface area (Å²) in [6, 6.07) is 2.18. The number of benzene rings is 1. The third-order valence-corrected chi connectivity index (χ3v) is 3.39. The molecule has 1 aliphatic carbocycles. The smallest absolute Gasteiger partial charge is 0.275 e. The highest BCUT2D eigenvalue weighted by Crippen LogP contribution is 2.30. The second-order valence-electron chi connectivity index (χ2n) is 4.83. The second kappa shape index (κ2) is 5.52.